The number of carbonyl (C=O) groups is 1. The van der Waals surface area contributed by atoms with Gasteiger partial charge >= 0.3 is 6.18 Å². The first-order chi connectivity index (χ1) is 17.3. The molecule has 3 heterocycles. The number of carbonyl (C=O) groups excluding carboxylic acids is 1. The van der Waals surface area contributed by atoms with Gasteiger partial charge in [0.05, 0.1) is 17.5 Å². The number of hydrogen-bond donors (Lipinski definition) is 1. The number of hydrogen-bond acceptors (Lipinski definition) is 4. The van der Waals surface area contributed by atoms with Crippen LogP contribution >= 0.6 is 11.3 Å². The van der Waals surface area contributed by atoms with Crippen LogP contribution < -0.4 is 10.2 Å². The molecule has 0 aliphatic carbocycles. The lowest BCUT2D eigenvalue weighted by Gasteiger charge is -2.49. The fraction of sp³-hybridized carbons (Fsp3) is 0.370. The van der Waals surface area contributed by atoms with E-state index in [9.17, 15) is 22.4 Å². The number of thiophene rings is 1. The lowest BCUT2D eigenvalue weighted by Crippen LogP contribution is -2.61. The number of alkyl halides is 3. The monoisotopic (exact) mass is 517 g/mol. The molecule has 0 spiro atoms. The molecular weight excluding hydrogens is 490 g/mol. The molecule has 0 saturated carbocycles. The Kier molecular flexibility index (Phi) is 7.03. The van der Waals surface area contributed by atoms with E-state index in [2.05, 4.69) is 15.1 Å². The summed E-state index contributed by atoms with van der Waals surface area (Å²) in [6.07, 6.45) is -3.45. The van der Waals surface area contributed by atoms with Crippen molar-refractivity contribution in [3.8, 4) is 0 Å². The third-order valence-corrected chi connectivity index (χ3v) is 7.97. The second-order valence-corrected chi connectivity index (χ2v) is 10.4. The first-order valence-electron chi connectivity index (χ1n) is 12.0. The highest BCUT2D eigenvalue weighted by atomic mass is 32.1. The van der Waals surface area contributed by atoms with Gasteiger partial charge in [-0.1, -0.05) is 18.2 Å². The van der Waals surface area contributed by atoms with Gasteiger partial charge in [-0.25, -0.2) is 4.39 Å². The molecule has 2 unspecified atom stereocenters. The van der Waals surface area contributed by atoms with Gasteiger partial charge in [0.2, 0.25) is 5.91 Å². The number of benzene rings is 2. The summed E-state index contributed by atoms with van der Waals surface area (Å²) in [5, 5.41) is 5.02. The summed E-state index contributed by atoms with van der Waals surface area (Å²) >= 11 is 1.63. The molecule has 4 nitrogen and oxygen atoms in total. The average Bonchev–Trinajstić information content (AvgIpc) is 3.37. The first kappa shape index (κ1) is 24.8. The van der Waals surface area contributed by atoms with Gasteiger partial charge in [-0.3, -0.25) is 9.69 Å². The smallest absolute Gasteiger partial charge is 0.365 e. The van der Waals surface area contributed by atoms with Gasteiger partial charge in [-0.15, -0.1) is 11.3 Å². The highest BCUT2D eigenvalue weighted by molar-refractivity contribution is 7.09. The fourth-order valence-electron chi connectivity index (χ4n) is 5.25. The van der Waals surface area contributed by atoms with E-state index in [0.717, 1.165) is 23.7 Å². The number of fused-ring (bicyclic) bond motifs is 3. The summed E-state index contributed by atoms with van der Waals surface area (Å²) in [5.74, 6) is -0.890. The van der Waals surface area contributed by atoms with Crippen molar-refractivity contribution >= 4 is 22.9 Å². The van der Waals surface area contributed by atoms with Gasteiger partial charge < -0.3 is 10.2 Å². The summed E-state index contributed by atoms with van der Waals surface area (Å²) in [5.41, 5.74) is 1.63. The highest BCUT2D eigenvalue weighted by Crippen LogP contribution is 2.40. The van der Waals surface area contributed by atoms with Crippen molar-refractivity contribution in [2.75, 3.05) is 31.1 Å². The standard InChI is InChI=1S/C27H27F4N3OS/c28-21-6-3-18(4-7-21)16-33-11-12-34-24-8-5-20(27(29,30)31)14-19(24)15-23(25(34)17-33)26(35)32-10-9-22-2-1-13-36-22/h1-8,13-14,23,25H,9-12,15-17H2,(H,32,35). The van der Waals surface area contributed by atoms with Crippen LogP contribution in [0.15, 0.2) is 60.0 Å². The van der Waals surface area contributed by atoms with Crippen molar-refractivity contribution in [2.24, 2.45) is 5.92 Å². The zero-order valence-electron chi connectivity index (χ0n) is 19.6. The lowest BCUT2D eigenvalue weighted by molar-refractivity contribution is -0.137. The van der Waals surface area contributed by atoms with E-state index in [1.54, 1.807) is 29.5 Å². The minimum absolute atomic E-state index is 0.131. The Labute approximate surface area is 211 Å². The van der Waals surface area contributed by atoms with E-state index in [4.69, 9.17) is 0 Å². The number of nitrogens with one attached hydrogen (secondary N) is 1. The van der Waals surface area contributed by atoms with Gasteiger partial charge in [-0.05, 0) is 65.7 Å². The number of rotatable bonds is 6. The molecule has 36 heavy (non-hydrogen) atoms. The Morgan fingerprint density at radius 1 is 1.08 bits per heavy atom. The van der Waals surface area contributed by atoms with Crippen LogP contribution in [0, 0.1) is 11.7 Å². The van der Waals surface area contributed by atoms with Crippen molar-refractivity contribution in [1.82, 2.24) is 10.2 Å². The number of nitrogens with zero attached hydrogens (tertiary/aromatic N) is 2. The second-order valence-electron chi connectivity index (χ2n) is 9.39. The molecule has 2 atom stereocenters. The molecule has 5 rings (SSSR count). The molecule has 0 radical (unpaired) electrons. The molecule has 9 heteroatoms. The molecule has 0 bridgehead atoms. The maximum atomic E-state index is 13.4. The van der Waals surface area contributed by atoms with Crippen molar-refractivity contribution in [3.63, 3.8) is 0 Å². The SMILES string of the molecule is O=C(NCCc1cccs1)C1Cc2cc(C(F)(F)F)ccc2N2CCN(Cc3ccc(F)cc3)CC12. The normalized spacial score (nSPS) is 20.1. The predicted molar refractivity (Wildman–Crippen MR) is 132 cm³/mol. The fourth-order valence-corrected chi connectivity index (χ4v) is 5.95. The molecule has 1 aromatic heterocycles. The van der Waals surface area contributed by atoms with E-state index < -0.39 is 17.7 Å². The lowest BCUT2D eigenvalue weighted by atomic mass is 9.82. The number of piperazine rings is 1. The Morgan fingerprint density at radius 3 is 2.61 bits per heavy atom. The van der Waals surface area contributed by atoms with E-state index in [1.165, 1.54) is 23.1 Å². The summed E-state index contributed by atoms with van der Waals surface area (Å²) in [7, 11) is 0. The van der Waals surface area contributed by atoms with Crippen LogP contribution in [0.1, 0.15) is 21.6 Å². The summed E-state index contributed by atoms with van der Waals surface area (Å²) < 4.78 is 53.6. The largest absolute Gasteiger partial charge is 0.416 e. The molecular formula is C27H27F4N3OS. The van der Waals surface area contributed by atoms with E-state index >= 15 is 0 Å². The minimum atomic E-state index is -4.43. The Morgan fingerprint density at radius 2 is 1.89 bits per heavy atom. The van der Waals surface area contributed by atoms with Crippen LogP contribution in [0.4, 0.5) is 23.2 Å². The molecule has 3 aromatic rings. The molecule has 1 fully saturated rings. The van der Waals surface area contributed by atoms with E-state index in [1.807, 2.05) is 17.5 Å². The molecule has 2 aliphatic rings. The topological polar surface area (TPSA) is 35.6 Å². The Hall–Kier alpha value is -2.91. The van der Waals surface area contributed by atoms with Gasteiger partial charge in [0, 0.05) is 43.3 Å². The van der Waals surface area contributed by atoms with Gasteiger partial charge in [0.15, 0.2) is 0 Å². The van der Waals surface area contributed by atoms with Crippen molar-refractivity contribution < 1.29 is 22.4 Å². The molecule has 1 saturated heterocycles. The van der Waals surface area contributed by atoms with Gasteiger partial charge in [0.25, 0.3) is 0 Å². The quantitative estimate of drug-likeness (QED) is 0.461. The summed E-state index contributed by atoms with van der Waals surface area (Å²) in [6, 6.07) is 14.1. The molecule has 1 amide bonds. The van der Waals surface area contributed by atoms with E-state index in [0.29, 0.717) is 38.3 Å². The average molecular weight is 518 g/mol. The Bertz CT molecular complexity index is 1200. The minimum Gasteiger partial charge on any atom is -0.365 e. The van der Waals surface area contributed by atoms with Crippen LogP contribution in [-0.2, 0) is 30.4 Å². The van der Waals surface area contributed by atoms with Crippen molar-refractivity contribution in [1.29, 1.82) is 0 Å². The third kappa shape index (κ3) is 5.42. The first-order valence-corrected chi connectivity index (χ1v) is 12.9. The predicted octanol–water partition coefficient (Wildman–Crippen LogP) is 5.13. The summed E-state index contributed by atoms with van der Waals surface area (Å²) in [6.45, 7) is 3.00. The van der Waals surface area contributed by atoms with Crippen LogP contribution in [0.5, 0.6) is 0 Å². The van der Waals surface area contributed by atoms with Crippen molar-refractivity contribution in [2.45, 2.75) is 31.6 Å². The van der Waals surface area contributed by atoms with Gasteiger partial charge in [0.1, 0.15) is 5.82 Å². The number of amides is 1. The zero-order valence-corrected chi connectivity index (χ0v) is 20.4. The highest BCUT2D eigenvalue weighted by Gasteiger charge is 2.42. The number of halogens is 4. The molecule has 2 aromatic carbocycles. The van der Waals surface area contributed by atoms with Crippen LogP contribution in [0.2, 0.25) is 0 Å². The van der Waals surface area contributed by atoms with E-state index in [-0.39, 0.29) is 24.2 Å². The molecule has 190 valence electrons. The Balaban J connectivity index is 1.37. The molecule has 2 aliphatic heterocycles. The maximum absolute atomic E-state index is 13.4. The third-order valence-electron chi connectivity index (χ3n) is 7.03. The van der Waals surface area contributed by atoms with Crippen LogP contribution in [0.25, 0.3) is 0 Å². The maximum Gasteiger partial charge on any atom is 0.416 e. The zero-order chi connectivity index (χ0) is 25.3. The van der Waals surface area contributed by atoms with Crippen LogP contribution in [0.3, 0.4) is 0 Å². The second kappa shape index (κ2) is 10.2. The molecule has 1 N–H and O–H groups in total. The van der Waals surface area contributed by atoms with Gasteiger partial charge in [-0.2, -0.15) is 13.2 Å². The van der Waals surface area contributed by atoms with Crippen LogP contribution in [-0.4, -0.2) is 43.0 Å². The van der Waals surface area contributed by atoms with Crippen molar-refractivity contribution in [3.05, 3.63) is 87.4 Å². The summed E-state index contributed by atoms with van der Waals surface area (Å²) in [4.78, 5) is 18.9. The number of anilines is 1.